The first kappa shape index (κ1) is 11.3. The third-order valence-corrected chi connectivity index (χ3v) is 3.05. The number of carbonyl (C=O) groups is 2. The van der Waals surface area contributed by atoms with E-state index in [1.54, 1.807) is 0 Å². The van der Waals surface area contributed by atoms with Gasteiger partial charge in [0.1, 0.15) is 6.23 Å². The zero-order chi connectivity index (χ0) is 11.7. The molecule has 2 aliphatic rings. The lowest BCUT2D eigenvalue weighted by atomic mass is 10.1. The van der Waals surface area contributed by atoms with Crippen LogP contribution in [0.1, 0.15) is 19.8 Å². The largest absolute Gasteiger partial charge is 0.394 e. The van der Waals surface area contributed by atoms with Crippen molar-refractivity contribution < 1.29 is 19.4 Å². The van der Waals surface area contributed by atoms with Crippen LogP contribution in [0.4, 0.5) is 4.79 Å². The summed E-state index contributed by atoms with van der Waals surface area (Å²) in [6.07, 6.45) is 0.511. The molecule has 3 amide bonds. The summed E-state index contributed by atoms with van der Waals surface area (Å²) in [5.41, 5.74) is 0. The topological polar surface area (TPSA) is 78.9 Å². The van der Waals surface area contributed by atoms with E-state index in [1.165, 1.54) is 4.90 Å². The number of urea groups is 1. The molecule has 16 heavy (non-hydrogen) atoms. The van der Waals surface area contributed by atoms with Crippen molar-refractivity contribution in [1.82, 2.24) is 10.2 Å². The van der Waals surface area contributed by atoms with E-state index in [9.17, 15) is 9.59 Å². The van der Waals surface area contributed by atoms with E-state index < -0.39 is 6.03 Å². The Morgan fingerprint density at radius 1 is 1.56 bits per heavy atom. The summed E-state index contributed by atoms with van der Waals surface area (Å²) in [6, 6.07) is -0.397. The van der Waals surface area contributed by atoms with Crippen LogP contribution in [0.3, 0.4) is 0 Å². The van der Waals surface area contributed by atoms with E-state index in [0.717, 1.165) is 6.42 Å². The van der Waals surface area contributed by atoms with Crippen LogP contribution in [0.5, 0.6) is 0 Å². The highest BCUT2D eigenvalue weighted by atomic mass is 16.5. The van der Waals surface area contributed by atoms with Crippen molar-refractivity contribution in [2.75, 3.05) is 13.2 Å². The van der Waals surface area contributed by atoms with Gasteiger partial charge in [-0.2, -0.15) is 0 Å². The number of carbonyl (C=O) groups excluding carboxylic acids is 2. The Morgan fingerprint density at radius 2 is 2.31 bits per heavy atom. The van der Waals surface area contributed by atoms with Gasteiger partial charge in [-0.1, -0.05) is 6.92 Å². The molecule has 0 aromatic heterocycles. The molecule has 0 radical (unpaired) electrons. The Morgan fingerprint density at radius 3 is 2.88 bits per heavy atom. The number of imide groups is 1. The quantitative estimate of drug-likeness (QED) is 0.678. The van der Waals surface area contributed by atoms with Crippen LogP contribution in [-0.4, -0.2) is 47.4 Å². The summed E-state index contributed by atoms with van der Waals surface area (Å²) in [5, 5.41) is 11.3. The van der Waals surface area contributed by atoms with Gasteiger partial charge in [-0.25, -0.2) is 4.79 Å². The van der Waals surface area contributed by atoms with Gasteiger partial charge in [0.15, 0.2) is 0 Å². The summed E-state index contributed by atoms with van der Waals surface area (Å²) in [7, 11) is 0. The van der Waals surface area contributed by atoms with Crippen molar-refractivity contribution in [3.8, 4) is 0 Å². The summed E-state index contributed by atoms with van der Waals surface area (Å²) < 4.78 is 5.57. The van der Waals surface area contributed by atoms with E-state index in [4.69, 9.17) is 9.84 Å². The van der Waals surface area contributed by atoms with Gasteiger partial charge in [-0.05, 0) is 6.42 Å². The average Bonchev–Trinajstić information content (AvgIpc) is 2.60. The predicted molar refractivity (Wildman–Crippen MR) is 54.4 cm³/mol. The van der Waals surface area contributed by atoms with Gasteiger partial charge >= 0.3 is 6.03 Å². The van der Waals surface area contributed by atoms with Gasteiger partial charge in [0.05, 0.1) is 12.7 Å². The lowest BCUT2D eigenvalue weighted by Gasteiger charge is -2.33. The highest BCUT2D eigenvalue weighted by Crippen LogP contribution is 2.29. The molecule has 2 aliphatic heterocycles. The van der Waals surface area contributed by atoms with Crippen LogP contribution in [-0.2, 0) is 9.53 Å². The second-order valence-corrected chi connectivity index (χ2v) is 4.34. The Bertz CT molecular complexity index is 307. The maximum atomic E-state index is 11.6. The summed E-state index contributed by atoms with van der Waals surface area (Å²) >= 11 is 0. The van der Waals surface area contributed by atoms with Gasteiger partial charge < -0.3 is 9.84 Å². The minimum Gasteiger partial charge on any atom is -0.394 e. The maximum absolute atomic E-state index is 11.6. The molecule has 90 valence electrons. The number of nitrogens with one attached hydrogen (secondary N) is 1. The smallest absolute Gasteiger partial charge is 0.326 e. The molecule has 0 bridgehead atoms. The molecule has 1 unspecified atom stereocenters. The van der Waals surface area contributed by atoms with E-state index in [1.807, 2.05) is 6.92 Å². The zero-order valence-corrected chi connectivity index (χ0v) is 9.18. The van der Waals surface area contributed by atoms with Crippen LogP contribution in [0.15, 0.2) is 0 Å². The summed E-state index contributed by atoms with van der Waals surface area (Å²) in [6.45, 7) is 2.33. The van der Waals surface area contributed by atoms with Gasteiger partial charge in [-0.3, -0.25) is 15.0 Å². The van der Waals surface area contributed by atoms with Crippen molar-refractivity contribution in [3.05, 3.63) is 0 Å². The van der Waals surface area contributed by atoms with Crippen LogP contribution < -0.4 is 5.32 Å². The number of aliphatic hydroxyl groups excluding tert-OH is 1. The SMILES string of the molecule is CC1C[C@@H](CO)O[C@H]1N1CCC(=O)NC1=O. The lowest BCUT2D eigenvalue weighted by molar-refractivity contribution is -0.124. The molecule has 2 N–H and O–H groups in total. The first-order valence-corrected chi connectivity index (χ1v) is 5.48. The molecule has 2 heterocycles. The summed E-state index contributed by atoms with van der Waals surface area (Å²) in [5.74, 6) is -0.0679. The molecular weight excluding hydrogens is 212 g/mol. The fourth-order valence-electron chi connectivity index (χ4n) is 2.24. The number of hydrogen-bond donors (Lipinski definition) is 2. The molecule has 0 aliphatic carbocycles. The molecule has 2 saturated heterocycles. The Labute approximate surface area is 93.6 Å². The molecule has 2 fully saturated rings. The highest BCUT2D eigenvalue weighted by Gasteiger charge is 2.39. The van der Waals surface area contributed by atoms with E-state index in [2.05, 4.69) is 5.32 Å². The molecule has 6 heteroatoms. The minimum atomic E-state index is -0.397. The van der Waals surface area contributed by atoms with Crippen LogP contribution in [0, 0.1) is 5.92 Å². The summed E-state index contributed by atoms with van der Waals surface area (Å²) in [4.78, 5) is 24.1. The van der Waals surface area contributed by atoms with Gasteiger partial charge in [0.25, 0.3) is 0 Å². The molecule has 0 saturated carbocycles. The second-order valence-electron chi connectivity index (χ2n) is 4.34. The number of rotatable bonds is 2. The standard InChI is InChI=1S/C10H16N2O4/c1-6-4-7(5-13)16-9(6)12-3-2-8(14)11-10(12)15/h6-7,9,13H,2-5H2,1H3,(H,11,14,15)/t6?,7-,9+/m0/s1. The molecule has 6 nitrogen and oxygen atoms in total. The normalized spacial score (nSPS) is 35.4. The minimum absolute atomic E-state index is 0.0325. The third-order valence-electron chi connectivity index (χ3n) is 3.05. The first-order valence-electron chi connectivity index (χ1n) is 5.48. The zero-order valence-electron chi connectivity index (χ0n) is 9.18. The Kier molecular flexibility index (Phi) is 3.11. The predicted octanol–water partition coefficient (Wildman–Crippen LogP) is -0.328. The molecule has 0 aromatic carbocycles. The maximum Gasteiger partial charge on any atom is 0.326 e. The number of hydrogen-bond acceptors (Lipinski definition) is 4. The molecule has 0 spiro atoms. The first-order chi connectivity index (χ1) is 7.61. The van der Waals surface area contributed by atoms with Crippen molar-refractivity contribution in [2.45, 2.75) is 32.1 Å². The van der Waals surface area contributed by atoms with Gasteiger partial charge in [0.2, 0.25) is 5.91 Å². The van der Waals surface area contributed by atoms with Crippen LogP contribution >= 0.6 is 0 Å². The van der Waals surface area contributed by atoms with Crippen LogP contribution in [0.2, 0.25) is 0 Å². The van der Waals surface area contributed by atoms with Crippen molar-refractivity contribution in [1.29, 1.82) is 0 Å². The van der Waals surface area contributed by atoms with E-state index >= 15 is 0 Å². The lowest BCUT2D eigenvalue weighted by Crippen LogP contribution is -2.54. The number of ether oxygens (including phenoxy) is 1. The number of aliphatic hydroxyl groups is 1. The fourth-order valence-corrected chi connectivity index (χ4v) is 2.24. The third kappa shape index (κ3) is 2.03. The Balaban J connectivity index is 2.02. The number of amides is 3. The van der Waals surface area contributed by atoms with Crippen molar-refractivity contribution in [2.24, 2.45) is 5.92 Å². The van der Waals surface area contributed by atoms with E-state index in [0.29, 0.717) is 13.0 Å². The van der Waals surface area contributed by atoms with Crippen molar-refractivity contribution in [3.63, 3.8) is 0 Å². The monoisotopic (exact) mass is 228 g/mol. The fraction of sp³-hybridized carbons (Fsp3) is 0.800. The van der Waals surface area contributed by atoms with Crippen LogP contribution in [0.25, 0.3) is 0 Å². The molecular formula is C10H16N2O4. The van der Waals surface area contributed by atoms with Gasteiger partial charge in [-0.15, -0.1) is 0 Å². The second kappa shape index (κ2) is 4.39. The Hall–Kier alpha value is -1.14. The van der Waals surface area contributed by atoms with Crippen molar-refractivity contribution >= 4 is 11.9 Å². The van der Waals surface area contributed by atoms with E-state index in [-0.39, 0.29) is 30.8 Å². The highest BCUT2D eigenvalue weighted by molar-refractivity contribution is 5.96. The molecule has 3 atom stereocenters. The molecule has 2 rings (SSSR count). The van der Waals surface area contributed by atoms with Gasteiger partial charge in [0, 0.05) is 18.9 Å². The number of nitrogens with zero attached hydrogens (tertiary/aromatic N) is 1. The average molecular weight is 228 g/mol. The molecule has 0 aromatic rings.